The number of nitro groups is 1. The van der Waals surface area contributed by atoms with E-state index < -0.39 is 4.92 Å². The summed E-state index contributed by atoms with van der Waals surface area (Å²) in [7, 11) is 0. The molecule has 0 aliphatic heterocycles. The van der Waals surface area contributed by atoms with Crippen LogP contribution in [-0.2, 0) is 0 Å². The van der Waals surface area contributed by atoms with Crippen molar-refractivity contribution in [3.05, 3.63) is 28.4 Å². The molecule has 1 heterocycles. The maximum absolute atomic E-state index is 10.8. The SMILES string of the molecule is N[C@@H]1CCCC[C@@H]1Nc1ncccc1[N+](=O)[O-]. The molecule has 0 spiro atoms. The molecule has 0 bridgehead atoms. The van der Waals surface area contributed by atoms with Crippen molar-refractivity contribution >= 4 is 11.5 Å². The van der Waals surface area contributed by atoms with E-state index in [0.29, 0.717) is 5.82 Å². The number of pyridine rings is 1. The molecule has 0 amide bonds. The van der Waals surface area contributed by atoms with Crippen molar-refractivity contribution in [1.82, 2.24) is 4.98 Å². The van der Waals surface area contributed by atoms with Gasteiger partial charge in [-0.05, 0) is 18.9 Å². The summed E-state index contributed by atoms with van der Waals surface area (Å²) in [5.41, 5.74) is 6.00. The van der Waals surface area contributed by atoms with Crippen LogP contribution in [0.3, 0.4) is 0 Å². The van der Waals surface area contributed by atoms with E-state index in [-0.39, 0.29) is 17.8 Å². The van der Waals surface area contributed by atoms with Gasteiger partial charge in [0, 0.05) is 24.3 Å². The van der Waals surface area contributed by atoms with E-state index >= 15 is 0 Å². The van der Waals surface area contributed by atoms with Crippen molar-refractivity contribution in [2.45, 2.75) is 37.8 Å². The Hall–Kier alpha value is -1.69. The molecule has 6 nitrogen and oxygen atoms in total. The molecule has 3 N–H and O–H groups in total. The van der Waals surface area contributed by atoms with E-state index in [2.05, 4.69) is 10.3 Å². The highest BCUT2D eigenvalue weighted by molar-refractivity contribution is 5.55. The van der Waals surface area contributed by atoms with Crippen LogP contribution >= 0.6 is 0 Å². The maximum atomic E-state index is 10.8. The van der Waals surface area contributed by atoms with Gasteiger partial charge in [0.25, 0.3) is 0 Å². The average molecular weight is 236 g/mol. The monoisotopic (exact) mass is 236 g/mol. The molecule has 92 valence electrons. The van der Waals surface area contributed by atoms with Gasteiger partial charge < -0.3 is 11.1 Å². The van der Waals surface area contributed by atoms with Crippen molar-refractivity contribution in [1.29, 1.82) is 0 Å². The lowest BCUT2D eigenvalue weighted by Gasteiger charge is -2.29. The Morgan fingerprint density at radius 1 is 1.47 bits per heavy atom. The second-order valence-electron chi connectivity index (χ2n) is 4.33. The zero-order valence-corrected chi connectivity index (χ0v) is 9.50. The molecule has 1 aliphatic rings. The summed E-state index contributed by atoms with van der Waals surface area (Å²) in [6, 6.07) is 3.14. The number of rotatable bonds is 3. The topological polar surface area (TPSA) is 94.1 Å². The van der Waals surface area contributed by atoms with Gasteiger partial charge in [-0.3, -0.25) is 10.1 Å². The Labute approximate surface area is 99.4 Å². The zero-order chi connectivity index (χ0) is 12.3. The predicted molar refractivity (Wildman–Crippen MR) is 64.7 cm³/mol. The van der Waals surface area contributed by atoms with Gasteiger partial charge in [-0.15, -0.1) is 0 Å². The van der Waals surface area contributed by atoms with Gasteiger partial charge in [-0.2, -0.15) is 0 Å². The number of nitrogens with two attached hydrogens (primary N) is 1. The second kappa shape index (κ2) is 5.09. The Balaban J connectivity index is 2.14. The maximum Gasteiger partial charge on any atom is 0.311 e. The van der Waals surface area contributed by atoms with Crippen molar-refractivity contribution < 1.29 is 4.92 Å². The van der Waals surface area contributed by atoms with Crippen LogP contribution in [-0.4, -0.2) is 22.0 Å². The number of anilines is 1. The number of hydrogen-bond acceptors (Lipinski definition) is 5. The van der Waals surface area contributed by atoms with E-state index in [1.165, 1.54) is 6.07 Å². The Morgan fingerprint density at radius 3 is 2.94 bits per heavy atom. The Kier molecular flexibility index (Phi) is 3.53. The van der Waals surface area contributed by atoms with Crippen molar-refractivity contribution in [3.63, 3.8) is 0 Å². The molecule has 0 aromatic carbocycles. The lowest BCUT2D eigenvalue weighted by molar-refractivity contribution is -0.384. The zero-order valence-electron chi connectivity index (χ0n) is 9.50. The van der Waals surface area contributed by atoms with Crippen LogP contribution < -0.4 is 11.1 Å². The minimum absolute atomic E-state index is 0.00488. The van der Waals surface area contributed by atoms with Crippen LogP contribution in [0.1, 0.15) is 25.7 Å². The number of aromatic nitrogens is 1. The van der Waals surface area contributed by atoms with Crippen LogP contribution in [0, 0.1) is 10.1 Å². The molecule has 0 unspecified atom stereocenters. The minimum Gasteiger partial charge on any atom is -0.360 e. The van der Waals surface area contributed by atoms with Gasteiger partial charge in [0.05, 0.1) is 4.92 Å². The fourth-order valence-electron chi connectivity index (χ4n) is 2.17. The first-order valence-electron chi connectivity index (χ1n) is 5.80. The lowest BCUT2D eigenvalue weighted by Crippen LogP contribution is -2.42. The predicted octanol–water partition coefficient (Wildman–Crippen LogP) is 1.67. The summed E-state index contributed by atoms with van der Waals surface area (Å²) in [5.74, 6) is 0.319. The molecular formula is C11H16N4O2. The van der Waals surface area contributed by atoms with Crippen LogP contribution in [0.25, 0.3) is 0 Å². The largest absolute Gasteiger partial charge is 0.360 e. The van der Waals surface area contributed by atoms with E-state index in [1.807, 2.05) is 0 Å². The van der Waals surface area contributed by atoms with Crippen LogP contribution in [0.15, 0.2) is 18.3 Å². The molecule has 2 rings (SSSR count). The molecule has 6 heteroatoms. The second-order valence-corrected chi connectivity index (χ2v) is 4.33. The molecule has 1 fully saturated rings. The molecule has 0 saturated heterocycles. The van der Waals surface area contributed by atoms with Crippen LogP contribution in [0.4, 0.5) is 11.5 Å². The molecular weight excluding hydrogens is 220 g/mol. The number of hydrogen-bond donors (Lipinski definition) is 2. The fourth-order valence-corrected chi connectivity index (χ4v) is 2.17. The van der Waals surface area contributed by atoms with Crippen LogP contribution in [0.5, 0.6) is 0 Å². The number of nitrogens with one attached hydrogen (secondary N) is 1. The molecule has 1 aliphatic carbocycles. The quantitative estimate of drug-likeness (QED) is 0.615. The minimum atomic E-state index is -0.427. The van der Waals surface area contributed by atoms with E-state index in [4.69, 9.17) is 5.73 Å². The van der Waals surface area contributed by atoms with Gasteiger partial charge in [0.2, 0.25) is 5.82 Å². The van der Waals surface area contributed by atoms with Crippen LogP contribution in [0.2, 0.25) is 0 Å². The standard InChI is InChI=1S/C11H16N4O2/c12-8-4-1-2-5-9(8)14-11-10(15(16)17)6-3-7-13-11/h3,6-9H,1-2,4-5,12H2,(H,13,14)/t8-,9+/m1/s1. The van der Waals surface area contributed by atoms with E-state index in [0.717, 1.165) is 25.7 Å². The molecule has 1 aromatic rings. The van der Waals surface area contributed by atoms with Crippen molar-refractivity contribution in [2.75, 3.05) is 5.32 Å². The van der Waals surface area contributed by atoms with E-state index in [1.54, 1.807) is 12.3 Å². The molecule has 17 heavy (non-hydrogen) atoms. The molecule has 2 atom stereocenters. The van der Waals surface area contributed by atoms with Gasteiger partial charge in [-0.1, -0.05) is 12.8 Å². The average Bonchev–Trinajstić information content (AvgIpc) is 2.32. The summed E-state index contributed by atoms with van der Waals surface area (Å²) in [4.78, 5) is 14.4. The number of nitrogens with zero attached hydrogens (tertiary/aromatic N) is 2. The highest BCUT2D eigenvalue weighted by atomic mass is 16.6. The molecule has 1 aromatic heterocycles. The van der Waals surface area contributed by atoms with Gasteiger partial charge >= 0.3 is 5.69 Å². The van der Waals surface area contributed by atoms with Gasteiger partial charge in [0.15, 0.2) is 0 Å². The highest BCUT2D eigenvalue weighted by Gasteiger charge is 2.24. The molecule has 0 radical (unpaired) electrons. The van der Waals surface area contributed by atoms with Crippen molar-refractivity contribution in [3.8, 4) is 0 Å². The van der Waals surface area contributed by atoms with Crippen molar-refractivity contribution in [2.24, 2.45) is 5.73 Å². The first-order chi connectivity index (χ1) is 8.18. The first-order valence-corrected chi connectivity index (χ1v) is 5.80. The summed E-state index contributed by atoms with van der Waals surface area (Å²) < 4.78 is 0. The summed E-state index contributed by atoms with van der Waals surface area (Å²) in [6.07, 6.45) is 5.67. The normalized spacial score (nSPS) is 24.3. The summed E-state index contributed by atoms with van der Waals surface area (Å²) in [5, 5.41) is 13.9. The van der Waals surface area contributed by atoms with E-state index in [9.17, 15) is 10.1 Å². The first kappa shape index (κ1) is 11.8. The lowest BCUT2D eigenvalue weighted by atomic mass is 9.91. The highest BCUT2D eigenvalue weighted by Crippen LogP contribution is 2.25. The van der Waals surface area contributed by atoms with Gasteiger partial charge in [0.1, 0.15) is 0 Å². The summed E-state index contributed by atoms with van der Waals surface area (Å²) >= 11 is 0. The third-order valence-corrected chi connectivity index (χ3v) is 3.12. The third kappa shape index (κ3) is 2.71. The fraction of sp³-hybridized carbons (Fsp3) is 0.545. The Morgan fingerprint density at radius 2 is 2.24 bits per heavy atom. The smallest absolute Gasteiger partial charge is 0.311 e. The Bertz CT molecular complexity index is 410. The molecule has 1 saturated carbocycles. The summed E-state index contributed by atoms with van der Waals surface area (Å²) in [6.45, 7) is 0. The third-order valence-electron chi connectivity index (χ3n) is 3.12. The van der Waals surface area contributed by atoms with Gasteiger partial charge in [-0.25, -0.2) is 4.98 Å².